The molecular formula is C14H20ClFN2. The Kier molecular flexibility index (Phi) is 4.13. The van der Waals surface area contributed by atoms with Crippen LogP contribution in [0.3, 0.4) is 0 Å². The van der Waals surface area contributed by atoms with Crippen molar-refractivity contribution >= 4 is 17.3 Å². The second-order valence-corrected chi connectivity index (χ2v) is 5.82. The Morgan fingerprint density at radius 3 is 2.72 bits per heavy atom. The molecule has 0 spiro atoms. The summed E-state index contributed by atoms with van der Waals surface area (Å²) < 4.78 is 13.3. The molecule has 4 heteroatoms. The minimum atomic E-state index is -0.279. The van der Waals surface area contributed by atoms with Gasteiger partial charge in [-0.15, -0.1) is 0 Å². The van der Waals surface area contributed by atoms with Gasteiger partial charge in [0.1, 0.15) is 5.82 Å². The molecule has 0 aliphatic heterocycles. The number of rotatable bonds is 3. The molecule has 0 bridgehead atoms. The van der Waals surface area contributed by atoms with E-state index in [4.69, 9.17) is 17.3 Å². The lowest BCUT2D eigenvalue weighted by Crippen LogP contribution is -2.48. The maximum Gasteiger partial charge on any atom is 0.125 e. The van der Waals surface area contributed by atoms with Gasteiger partial charge in [0.2, 0.25) is 0 Å². The van der Waals surface area contributed by atoms with Gasteiger partial charge in [-0.2, -0.15) is 0 Å². The summed E-state index contributed by atoms with van der Waals surface area (Å²) in [5.41, 5.74) is 6.44. The molecule has 1 aliphatic carbocycles. The third-order valence-corrected chi connectivity index (χ3v) is 4.28. The van der Waals surface area contributed by atoms with E-state index in [-0.39, 0.29) is 11.4 Å². The number of hydrogen-bond donors (Lipinski definition) is 2. The molecule has 1 aliphatic rings. The molecule has 100 valence electrons. The first-order chi connectivity index (χ1) is 8.54. The number of nitrogens with one attached hydrogen (secondary N) is 1. The third kappa shape index (κ3) is 2.96. The summed E-state index contributed by atoms with van der Waals surface area (Å²) in [7, 11) is 0. The summed E-state index contributed by atoms with van der Waals surface area (Å²) in [6, 6.07) is 4.39. The molecule has 0 aromatic heterocycles. The van der Waals surface area contributed by atoms with Gasteiger partial charge in [-0.05, 0) is 49.8 Å². The smallest absolute Gasteiger partial charge is 0.125 e. The van der Waals surface area contributed by atoms with Crippen LogP contribution in [0.25, 0.3) is 0 Å². The van der Waals surface area contributed by atoms with Crippen molar-refractivity contribution in [1.29, 1.82) is 0 Å². The molecule has 0 heterocycles. The minimum absolute atomic E-state index is 0.135. The van der Waals surface area contributed by atoms with Gasteiger partial charge < -0.3 is 11.1 Å². The van der Waals surface area contributed by atoms with Gasteiger partial charge >= 0.3 is 0 Å². The summed E-state index contributed by atoms with van der Waals surface area (Å²) >= 11 is 6.09. The fraction of sp³-hybridized carbons (Fsp3) is 0.571. The van der Waals surface area contributed by atoms with Gasteiger partial charge in [0.05, 0.1) is 10.7 Å². The van der Waals surface area contributed by atoms with Crippen molar-refractivity contribution in [3.63, 3.8) is 0 Å². The molecule has 18 heavy (non-hydrogen) atoms. The quantitative estimate of drug-likeness (QED) is 0.877. The van der Waals surface area contributed by atoms with Gasteiger partial charge in [0.15, 0.2) is 0 Å². The average molecular weight is 271 g/mol. The number of halogens is 2. The lowest BCUT2D eigenvalue weighted by molar-refractivity contribution is 0.271. The molecule has 0 atom stereocenters. The van der Waals surface area contributed by atoms with E-state index >= 15 is 0 Å². The van der Waals surface area contributed by atoms with Crippen molar-refractivity contribution < 1.29 is 4.39 Å². The van der Waals surface area contributed by atoms with Crippen LogP contribution in [-0.4, -0.2) is 12.1 Å². The first-order valence-electron chi connectivity index (χ1n) is 6.48. The fourth-order valence-corrected chi connectivity index (χ4v) is 2.74. The van der Waals surface area contributed by atoms with Crippen LogP contribution in [0.15, 0.2) is 18.2 Å². The highest BCUT2D eigenvalue weighted by molar-refractivity contribution is 6.33. The van der Waals surface area contributed by atoms with E-state index in [1.165, 1.54) is 12.1 Å². The Bertz CT molecular complexity index is 414. The maximum absolute atomic E-state index is 13.3. The van der Waals surface area contributed by atoms with Crippen LogP contribution in [0.2, 0.25) is 5.02 Å². The molecule has 0 radical (unpaired) electrons. The molecule has 0 amide bonds. The summed E-state index contributed by atoms with van der Waals surface area (Å²) in [5, 5.41) is 3.92. The molecule has 0 unspecified atom stereocenters. The van der Waals surface area contributed by atoms with Gasteiger partial charge in [0.25, 0.3) is 0 Å². The van der Waals surface area contributed by atoms with Gasteiger partial charge in [-0.3, -0.25) is 0 Å². The maximum atomic E-state index is 13.3. The summed E-state index contributed by atoms with van der Waals surface area (Å²) in [6.07, 6.45) is 4.32. The van der Waals surface area contributed by atoms with Crippen LogP contribution in [-0.2, 0) is 0 Å². The van der Waals surface area contributed by atoms with Crippen molar-refractivity contribution in [2.24, 2.45) is 11.7 Å². The first-order valence-corrected chi connectivity index (χ1v) is 6.86. The average Bonchev–Trinajstić information content (AvgIpc) is 2.37. The predicted octanol–water partition coefficient (Wildman–Crippen LogP) is 3.80. The molecule has 1 aromatic rings. The molecule has 2 rings (SSSR count). The SMILES string of the molecule is CC1CCC(CN)(Nc2cc(F)ccc2Cl)CC1. The largest absolute Gasteiger partial charge is 0.377 e. The first kappa shape index (κ1) is 13.6. The van der Waals surface area contributed by atoms with Crippen LogP contribution in [0.4, 0.5) is 10.1 Å². The van der Waals surface area contributed by atoms with E-state index in [1.54, 1.807) is 6.07 Å². The van der Waals surface area contributed by atoms with Gasteiger partial charge in [0, 0.05) is 12.1 Å². The number of anilines is 1. The second kappa shape index (κ2) is 5.45. The Balaban J connectivity index is 2.17. The zero-order valence-corrected chi connectivity index (χ0v) is 11.4. The van der Waals surface area contributed by atoms with Crippen molar-refractivity contribution in [2.45, 2.75) is 38.1 Å². The summed E-state index contributed by atoms with van der Waals surface area (Å²) in [6.45, 7) is 2.81. The van der Waals surface area contributed by atoms with E-state index in [2.05, 4.69) is 12.2 Å². The molecule has 1 fully saturated rings. The van der Waals surface area contributed by atoms with Crippen LogP contribution < -0.4 is 11.1 Å². The van der Waals surface area contributed by atoms with E-state index in [0.717, 1.165) is 31.6 Å². The second-order valence-electron chi connectivity index (χ2n) is 5.42. The standard InChI is InChI=1S/C14H20ClFN2/c1-10-4-6-14(9-17,7-5-10)18-13-8-11(16)2-3-12(13)15/h2-3,8,10,18H,4-7,9,17H2,1H3. The zero-order valence-electron chi connectivity index (χ0n) is 10.7. The normalized spacial score (nSPS) is 28.1. The van der Waals surface area contributed by atoms with E-state index in [0.29, 0.717) is 17.3 Å². The molecule has 2 nitrogen and oxygen atoms in total. The minimum Gasteiger partial charge on any atom is -0.377 e. The highest BCUT2D eigenvalue weighted by atomic mass is 35.5. The Morgan fingerprint density at radius 1 is 1.44 bits per heavy atom. The van der Waals surface area contributed by atoms with Crippen LogP contribution >= 0.6 is 11.6 Å². The molecule has 3 N–H and O–H groups in total. The zero-order chi connectivity index (χ0) is 13.2. The van der Waals surface area contributed by atoms with Crippen molar-refractivity contribution in [1.82, 2.24) is 0 Å². The fourth-order valence-electron chi connectivity index (χ4n) is 2.57. The van der Waals surface area contributed by atoms with Gasteiger partial charge in [-0.25, -0.2) is 4.39 Å². The molecule has 1 saturated carbocycles. The van der Waals surface area contributed by atoms with E-state index in [9.17, 15) is 4.39 Å². The molecule has 1 aromatic carbocycles. The molecular weight excluding hydrogens is 251 g/mol. The lowest BCUT2D eigenvalue weighted by atomic mass is 9.77. The Morgan fingerprint density at radius 2 is 2.11 bits per heavy atom. The van der Waals surface area contributed by atoms with Crippen LogP contribution in [0, 0.1) is 11.7 Å². The monoisotopic (exact) mass is 270 g/mol. The van der Waals surface area contributed by atoms with E-state index < -0.39 is 0 Å². The predicted molar refractivity (Wildman–Crippen MR) is 74.5 cm³/mol. The number of hydrogen-bond acceptors (Lipinski definition) is 2. The van der Waals surface area contributed by atoms with Crippen molar-refractivity contribution in [2.75, 3.05) is 11.9 Å². The van der Waals surface area contributed by atoms with Crippen molar-refractivity contribution in [3.05, 3.63) is 29.0 Å². The van der Waals surface area contributed by atoms with Gasteiger partial charge in [-0.1, -0.05) is 18.5 Å². The summed E-state index contributed by atoms with van der Waals surface area (Å²) in [4.78, 5) is 0. The molecule has 0 saturated heterocycles. The highest BCUT2D eigenvalue weighted by Gasteiger charge is 2.33. The Labute approximate surface area is 113 Å². The number of nitrogens with two attached hydrogens (primary N) is 1. The Hall–Kier alpha value is -0.800. The number of benzene rings is 1. The highest BCUT2D eigenvalue weighted by Crippen LogP contribution is 2.35. The topological polar surface area (TPSA) is 38.0 Å². The lowest BCUT2D eigenvalue weighted by Gasteiger charge is -2.40. The summed E-state index contributed by atoms with van der Waals surface area (Å²) in [5.74, 6) is 0.465. The van der Waals surface area contributed by atoms with Crippen LogP contribution in [0.1, 0.15) is 32.6 Å². The van der Waals surface area contributed by atoms with E-state index in [1.807, 2.05) is 0 Å². The van der Waals surface area contributed by atoms with Crippen LogP contribution in [0.5, 0.6) is 0 Å². The van der Waals surface area contributed by atoms with Crippen molar-refractivity contribution in [3.8, 4) is 0 Å². The third-order valence-electron chi connectivity index (χ3n) is 3.95.